The van der Waals surface area contributed by atoms with Gasteiger partial charge in [0, 0.05) is 0 Å². The fourth-order valence-electron chi connectivity index (χ4n) is 5.37. The van der Waals surface area contributed by atoms with E-state index in [0.717, 1.165) is 6.54 Å². The van der Waals surface area contributed by atoms with E-state index >= 15 is 0 Å². The SMILES string of the molecule is COc1cc(C(=O)N2CC(C)(O)C2)ccc1NCC#Cc1cc2c(NC3CCN(C)CC3F)cccn2c1[Se]C(F)(F)F. The zero-order valence-electron chi connectivity index (χ0n) is 24.0. The summed E-state index contributed by atoms with van der Waals surface area (Å²) in [4.78, 5) is 16.1. The molecule has 2 saturated heterocycles. The van der Waals surface area contributed by atoms with Crippen LogP contribution in [0.4, 0.5) is 28.9 Å². The monoisotopic (exact) mass is 667 g/mol. The molecule has 1 aromatic carbocycles. The quantitative estimate of drug-likeness (QED) is 0.205. The summed E-state index contributed by atoms with van der Waals surface area (Å²) in [7, 11) is 3.32. The molecule has 2 aliphatic heterocycles. The Hall–Kier alpha value is -3.43. The molecule has 230 valence electrons. The van der Waals surface area contributed by atoms with Crippen molar-refractivity contribution in [2.75, 3.05) is 57.5 Å². The van der Waals surface area contributed by atoms with Crippen LogP contribution in [0.2, 0.25) is 0 Å². The number of aliphatic hydroxyl groups is 1. The van der Waals surface area contributed by atoms with Gasteiger partial charge in [0.1, 0.15) is 0 Å². The van der Waals surface area contributed by atoms with Crippen molar-refractivity contribution in [2.45, 2.75) is 36.2 Å². The summed E-state index contributed by atoms with van der Waals surface area (Å²) in [5.74, 6) is 5.99. The number of aromatic nitrogens is 1. The van der Waals surface area contributed by atoms with Gasteiger partial charge in [-0.25, -0.2) is 0 Å². The number of piperidine rings is 1. The average Bonchev–Trinajstić information content (AvgIpc) is 3.27. The van der Waals surface area contributed by atoms with Crippen molar-refractivity contribution in [2.24, 2.45) is 0 Å². The molecule has 2 aromatic heterocycles. The van der Waals surface area contributed by atoms with Crippen LogP contribution >= 0.6 is 0 Å². The van der Waals surface area contributed by atoms with E-state index in [4.69, 9.17) is 4.74 Å². The third-order valence-electron chi connectivity index (χ3n) is 7.45. The van der Waals surface area contributed by atoms with Crippen LogP contribution in [-0.4, -0.2) is 110 Å². The molecule has 4 heterocycles. The Bertz CT molecular complexity index is 1560. The maximum absolute atomic E-state index is 14.7. The molecule has 8 nitrogen and oxygen atoms in total. The number of fused-ring (bicyclic) bond motifs is 1. The molecule has 0 radical (unpaired) electrons. The van der Waals surface area contributed by atoms with Crippen molar-refractivity contribution in [1.82, 2.24) is 14.2 Å². The number of halogens is 4. The van der Waals surface area contributed by atoms with E-state index in [0.29, 0.717) is 41.2 Å². The van der Waals surface area contributed by atoms with Gasteiger partial charge in [-0.1, -0.05) is 0 Å². The number of anilines is 2. The van der Waals surface area contributed by atoms with E-state index in [1.54, 1.807) is 54.4 Å². The van der Waals surface area contributed by atoms with E-state index in [2.05, 4.69) is 22.5 Å². The molecular weight excluding hydrogens is 633 g/mol. The number of amides is 1. The molecule has 2 fully saturated rings. The van der Waals surface area contributed by atoms with Crippen molar-refractivity contribution in [3.8, 4) is 17.6 Å². The van der Waals surface area contributed by atoms with Gasteiger partial charge in [-0.05, 0) is 6.92 Å². The predicted octanol–water partition coefficient (Wildman–Crippen LogP) is 2.92. The Balaban J connectivity index is 1.34. The molecule has 0 saturated carbocycles. The molecule has 43 heavy (non-hydrogen) atoms. The van der Waals surface area contributed by atoms with Crippen molar-refractivity contribution in [3.05, 3.63) is 53.7 Å². The number of ether oxygens (including phenoxy) is 1. The molecule has 0 spiro atoms. The molecule has 3 N–H and O–H groups in total. The van der Waals surface area contributed by atoms with Gasteiger partial charge < -0.3 is 5.11 Å². The fraction of sp³-hybridized carbons (Fsp3) is 0.433. The molecule has 2 aliphatic rings. The Labute approximate surface area is 253 Å². The number of nitrogens with zero attached hydrogens (tertiary/aromatic N) is 3. The number of hydrogen-bond acceptors (Lipinski definition) is 6. The fourth-order valence-corrected chi connectivity index (χ4v) is 6.83. The minimum absolute atomic E-state index is 0.0664. The topological polar surface area (TPSA) is 81.5 Å². The van der Waals surface area contributed by atoms with Crippen LogP contribution in [-0.2, 0) is 0 Å². The van der Waals surface area contributed by atoms with Crippen LogP contribution in [0.5, 0.6) is 5.75 Å². The maximum atomic E-state index is 14.7. The van der Waals surface area contributed by atoms with E-state index in [-0.39, 0.29) is 35.7 Å². The first kappa shape index (κ1) is 31.0. The number of carbonyl (C=O) groups is 1. The molecule has 2 unspecified atom stereocenters. The summed E-state index contributed by atoms with van der Waals surface area (Å²) >= 11 is -1.86. The van der Waals surface area contributed by atoms with Crippen molar-refractivity contribution < 1.29 is 32.2 Å². The molecule has 0 bridgehead atoms. The summed E-state index contributed by atoms with van der Waals surface area (Å²) in [6.07, 6.45) is 1.05. The number of alkyl halides is 4. The van der Waals surface area contributed by atoms with Crippen LogP contribution < -0.4 is 20.0 Å². The van der Waals surface area contributed by atoms with Crippen molar-refractivity contribution in [3.63, 3.8) is 0 Å². The molecule has 2 atom stereocenters. The number of methoxy groups -OCH3 is 1. The van der Waals surface area contributed by atoms with E-state index < -0.39 is 37.8 Å². The van der Waals surface area contributed by atoms with Gasteiger partial charge in [0.05, 0.1) is 18.7 Å². The Morgan fingerprint density at radius 1 is 1.23 bits per heavy atom. The van der Waals surface area contributed by atoms with Gasteiger partial charge >= 0.3 is 223 Å². The number of carbonyl (C=O) groups excluding carboxylic acids is 1. The third kappa shape index (κ3) is 7.21. The molecule has 5 rings (SSSR count). The second kappa shape index (κ2) is 12.3. The summed E-state index contributed by atoms with van der Waals surface area (Å²) in [6, 6.07) is 9.48. The van der Waals surface area contributed by atoms with Crippen LogP contribution in [0.15, 0.2) is 42.6 Å². The predicted molar refractivity (Wildman–Crippen MR) is 158 cm³/mol. The summed E-state index contributed by atoms with van der Waals surface area (Å²) in [5, 5.41) is 11.8. The van der Waals surface area contributed by atoms with Gasteiger partial charge in [0.2, 0.25) is 0 Å². The number of rotatable bonds is 7. The van der Waals surface area contributed by atoms with Gasteiger partial charge in [0.25, 0.3) is 0 Å². The van der Waals surface area contributed by atoms with Crippen molar-refractivity contribution in [1.29, 1.82) is 0 Å². The first-order valence-corrected chi connectivity index (χ1v) is 15.5. The van der Waals surface area contributed by atoms with E-state index in [1.807, 2.05) is 11.9 Å². The zero-order valence-corrected chi connectivity index (χ0v) is 25.7. The Morgan fingerprint density at radius 2 is 2.00 bits per heavy atom. The summed E-state index contributed by atoms with van der Waals surface area (Å²) in [5.41, 5.74) is 1.43. The normalized spacial score (nSPS) is 20.2. The van der Waals surface area contributed by atoms with Gasteiger partial charge in [-0.15, -0.1) is 0 Å². The zero-order chi connectivity index (χ0) is 30.9. The number of hydrogen-bond donors (Lipinski definition) is 3. The molecule has 0 aliphatic carbocycles. The van der Waals surface area contributed by atoms with Crippen molar-refractivity contribution >= 4 is 42.3 Å². The summed E-state index contributed by atoms with van der Waals surface area (Å²) < 4.78 is 62.5. The number of benzene rings is 1. The Morgan fingerprint density at radius 3 is 2.67 bits per heavy atom. The second-order valence-corrected chi connectivity index (χ2v) is 13.3. The van der Waals surface area contributed by atoms with Gasteiger partial charge in [-0.2, -0.15) is 0 Å². The molecular formula is C30H33F4N5O3Se. The average molecular weight is 667 g/mol. The second-order valence-electron chi connectivity index (χ2n) is 11.1. The number of β-amino-alcohol motifs (C(OH)–C–C–N with tert-alkyl or cyclic N) is 1. The summed E-state index contributed by atoms with van der Waals surface area (Å²) in [6.45, 7) is 3.29. The first-order chi connectivity index (χ1) is 20.3. The molecule has 3 aromatic rings. The third-order valence-corrected chi connectivity index (χ3v) is 9.22. The van der Waals surface area contributed by atoms with Crippen LogP contribution in [0.3, 0.4) is 0 Å². The first-order valence-electron chi connectivity index (χ1n) is 13.7. The van der Waals surface area contributed by atoms with E-state index in [1.165, 1.54) is 11.5 Å². The Kier molecular flexibility index (Phi) is 8.86. The van der Waals surface area contributed by atoms with Crippen LogP contribution in [0.25, 0.3) is 5.52 Å². The van der Waals surface area contributed by atoms with Gasteiger partial charge in [0.15, 0.2) is 0 Å². The van der Waals surface area contributed by atoms with Gasteiger partial charge in [-0.3, -0.25) is 0 Å². The minimum atomic E-state index is -4.39. The number of pyridine rings is 1. The molecule has 1 amide bonds. The standard InChI is InChI=1S/C30H33F4N5O3Se/c1-29(41)17-38(18-29)27(40)19-8-9-24(26(15-19)42-3)35-11-4-6-20-14-25-23(36-22-10-13-37(2)16-21(22)31)7-5-12-39(25)28(20)43-30(32,33)34/h5,7-9,12,14-15,21-22,35-36,41H,10-11,13,16-18H2,1-3H3. The van der Waals surface area contributed by atoms with E-state index in [9.17, 15) is 27.5 Å². The molecule has 13 heteroatoms. The van der Waals surface area contributed by atoms with Crippen LogP contribution in [0, 0.1) is 11.8 Å². The number of likely N-dealkylation sites (tertiary alicyclic amines) is 2. The van der Waals surface area contributed by atoms with Crippen LogP contribution in [0.1, 0.15) is 29.3 Å². The number of nitrogens with one attached hydrogen (secondary N) is 2.